The zero-order chi connectivity index (χ0) is 19.8. The zero-order valence-electron chi connectivity index (χ0n) is 13.9. The molecule has 0 aliphatic heterocycles. The summed E-state index contributed by atoms with van der Waals surface area (Å²) in [5.74, 6) is -0.908. The van der Waals surface area contributed by atoms with E-state index in [1.807, 2.05) is 0 Å². The molecule has 1 aromatic carbocycles. The lowest BCUT2D eigenvalue weighted by molar-refractivity contribution is 0.112. The number of hydrogen-bond acceptors (Lipinski definition) is 6. The maximum Gasteiger partial charge on any atom is 0.268 e. The van der Waals surface area contributed by atoms with Gasteiger partial charge in [-0.05, 0) is 36.4 Å². The van der Waals surface area contributed by atoms with E-state index in [4.69, 9.17) is 0 Å². The van der Waals surface area contributed by atoms with E-state index in [0.717, 1.165) is 22.5 Å². The number of sulfone groups is 1. The Labute approximate surface area is 155 Å². The number of halogens is 1. The van der Waals surface area contributed by atoms with E-state index >= 15 is 0 Å². The summed E-state index contributed by atoms with van der Waals surface area (Å²) in [6, 6.07) is 8.74. The van der Waals surface area contributed by atoms with Gasteiger partial charge in [-0.2, -0.15) is 4.39 Å². The van der Waals surface area contributed by atoms with Crippen LogP contribution in [-0.4, -0.2) is 38.3 Å². The molecule has 27 heavy (non-hydrogen) atoms. The molecule has 0 radical (unpaired) electrons. The fraction of sp³-hybridized carbons (Fsp3) is 0.0588. The van der Waals surface area contributed by atoms with Gasteiger partial charge >= 0.3 is 0 Å². The Kier molecular flexibility index (Phi) is 4.70. The van der Waals surface area contributed by atoms with Gasteiger partial charge in [0.15, 0.2) is 16.1 Å². The van der Waals surface area contributed by atoms with Gasteiger partial charge in [-0.3, -0.25) is 4.79 Å². The Morgan fingerprint density at radius 1 is 1.04 bits per heavy atom. The van der Waals surface area contributed by atoms with Crippen LogP contribution in [0.3, 0.4) is 0 Å². The predicted octanol–water partition coefficient (Wildman–Crippen LogP) is 2.14. The molecule has 0 amide bonds. The van der Waals surface area contributed by atoms with E-state index in [1.165, 1.54) is 42.6 Å². The Morgan fingerprint density at radius 3 is 2.37 bits per heavy atom. The van der Waals surface area contributed by atoms with E-state index in [1.54, 1.807) is 0 Å². The van der Waals surface area contributed by atoms with E-state index in [2.05, 4.69) is 4.98 Å². The summed E-state index contributed by atoms with van der Waals surface area (Å²) in [6.45, 7) is 0. The third-order valence-electron chi connectivity index (χ3n) is 3.77. The highest BCUT2D eigenvalue weighted by atomic mass is 32.2. The molecule has 0 atom stereocenters. The number of hydrogen-bond donors (Lipinski definition) is 0. The lowest BCUT2D eigenvalue weighted by atomic mass is 10.2. The Bertz CT molecular complexity index is 1250. The number of carbonyl (C=O) groups excluding carboxylic acids is 1. The second kappa shape index (κ2) is 6.71. The molecule has 140 valence electrons. The van der Waals surface area contributed by atoms with E-state index < -0.39 is 25.8 Å². The summed E-state index contributed by atoms with van der Waals surface area (Å²) in [7, 11) is -7.94. The molecule has 0 saturated heterocycles. The molecule has 7 nitrogen and oxygen atoms in total. The molecule has 0 saturated carbocycles. The zero-order valence-corrected chi connectivity index (χ0v) is 15.5. The number of aldehydes is 1. The molecular weight excluding hydrogens is 395 g/mol. The first-order valence-electron chi connectivity index (χ1n) is 7.49. The maximum atomic E-state index is 14.1. The van der Waals surface area contributed by atoms with Crippen LogP contribution >= 0.6 is 0 Å². The number of benzene rings is 1. The highest BCUT2D eigenvalue weighted by Crippen LogP contribution is 2.28. The second-order valence-corrected chi connectivity index (χ2v) is 9.50. The summed E-state index contributed by atoms with van der Waals surface area (Å²) in [4.78, 5) is 14.1. The van der Waals surface area contributed by atoms with Gasteiger partial charge in [-0.25, -0.2) is 25.8 Å². The van der Waals surface area contributed by atoms with Crippen molar-refractivity contribution in [1.82, 2.24) is 8.96 Å². The quantitative estimate of drug-likeness (QED) is 0.473. The lowest BCUT2D eigenvalue weighted by Gasteiger charge is -2.11. The molecule has 0 aliphatic rings. The largest absolute Gasteiger partial charge is 0.298 e. The van der Waals surface area contributed by atoms with Crippen molar-refractivity contribution in [2.75, 3.05) is 6.26 Å². The average Bonchev–Trinajstić information content (AvgIpc) is 3.06. The van der Waals surface area contributed by atoms with Gasteiger partial charge in [0.05, 0.1) is 21.0 Å². The molecule has 3 aromatic rings. The fourth-order valence-corrected chi connectivity index (χ4v) is 4.64. The SMILES string of the molecule is CS(=O)(=O)c1cccc(S(=O)(=O)n2cc(C=O)cc2-c2cccnc2F)c1. The van der Waals surface area contributed by atoms with Crippen LogP contribution in [0.5, 0.6) is 0 Å². The first-order valence-corrected chi connectivity index (χ1v) is 10.8. The normalized spacial score (nSPS) is 12.1. The van der Waals surface area contributed by atoms with Crippen LogP contribution in [-0.2, 0) is 19.9 Å². The molecular formula is C17H13FN2O5S2. The first kappa shape index (κ1) is 18.9. The topological polar surface area (TPSA) is 103 Å². The number of nitrogens with zero attached hydrogens (tertiary/aromatic N) is 2. The van der Waals surface area contributed by atoms with Crippen LogP contribution in [0.15, 0.2) is 64.6 Å². The monoisotopic (exact) mass is 408 g/mol. The number of aromatic nitrogens is 2. The molecule has 0 spiro atoms. The Hall–Kier alpha value is -2.85. The van der Waals surface area contributed by atoms with E-state index in [0.29, 0.717) is 6.29 Å². The highest BCUT2D eigenvalue weighted by Gasteiger charge is 2.24. The van der Waals surface area contributed by atoms with Crippen LogP contribution in [0.25, 0.3) is 11.3 Å². The maximum absolute atomic E-state index is 14.1. The molecule has 0 bridgehead atoms. The summed E-state index contributed by atoms with van der Waals surface area (Å²) >= 11 is 0. The number of carbonyl (C=O) groups is 1. The average molecular weight is 408 g/mol. The summed E-state index contributed by atoms with van der Waals surface area (Å²) < 4.78 is 64.4. The summed E-state index contributed by atoms with van der Waals surface area (Å²) in [5.41, 5.74) is -0.211. The van der Waals surface area contributed by atoms with Crippen molar-refractivity contribution in [1.29, 1.82) is 0 Å². The number of rotatable bonds is 5. The standard InChI is InChI=1S/C17H13FN2O5S2/c1-26(22,23)13-4-2-5-14(9-13)27(24,25)20-10-12(11-21)8-16(20)15-6-3-7-19-17(15)18/h2-11H,1H3. The van der Waals surface area contributed by atoms with Crippen LogP contribution in [0, 0.1) is 5.95 Å². The van der Waals surface area contributed by atoms with Gasteiger partial charge < -0.3 is 0 Å². The van der Waals surface area contributed by atoms with Crippen molar-refractivity contribution in [2.45, 2.75) is 9.79 Å². The first-order chi connectivity index (χ1) is 12.6. The van der Waals surface area contributed by atoms with Crippen molar-refractivity contribution in [3.63, 3.8) is 0 Å². The second-order valence-electron chi connectivity index (χ2n) is 5.67. The smallest absolute Gasteiger partial charge is 0.268 e. The molecule has 0 N–H and O–H groups in total. The molecule has 2 heterocycles. The third kappa shape index (κ3) is 3.53. The minimum atomic E-state index is -4.31. The van der Waals surface area contributed by atoms with E-state index in [-0.39, 0.29) is 26.6 Å². The van der Waals surface area contributed by atoms with Gasteiger partial charge in [0, 0.05) is 24.2 Å². The van der Waals surface area contributed by atoms with Crippen LogP contribution < -0.4 is 0 Å². The molecule has 2 aromatic heterocycles. The third-order valence-corrected chi connectivity index (χ3v) is 6.55. The van der Waals surface area contributed by atoms with Crippen LogP contribution in [0.1, 0.15) is 10.4 Å². The molecule has 0 aliphatic carbocycles. The molecule has 0 fully saturated rings. The minimum Gasteiger partial charge on any atom is -0.298 e. The van der Waals surface area contributed by atoms with Gasteiger partial charge in [0.2, 0.25) is 5.95 Å². The number of pyridine rings is 1. The van der Waals surface area contributed by atoms with Crippen molar-refractivity contribution >= 4 is 26.1 Å². The molecule has 3 rings (SSSR count). The molecule has 0 unspecified atom stereocenters. The van der Waals surface area contributed by atoms with Crippen LogP contribution in [0.4, 0.5) is 4.39 Å². The van der Waals surface area contributed by atoms with Gasteiger partial charge in [0.1, 0.15) is 0 Å². The van der Waals surface area contributed by atoms with Crippen molar-refractivity contribution in [3.05, 3.63) is 66.4 Å². The van der Waals surface area contributed by atoms with Crippen molar-refractivity contribution < 1.29 is 26.0 Å². The fourth-order valence-electron chi connectivity index (χ4n) is 2.48. The summed E-state index contributed by atoms with van der Waals surface area (Å²) in [5, 5.41) is 0. The van der Waals surface area contributed by atoms with Crippen molar-refractivity contribution in [2.24, 2.45) is 0 Å². The van der Waals surface area contributed by atoms with E-state index in [9.17, 15) is 26.0 Å². The molecule has 10 heteroatoms. The summed E-state index contributed by atoms with van der Waals surface area (Å²) in [6.07, 6.45) is 3.63. The Balaban J connectivity index is 2.26. The van der Waals surface area contributed by atoms with Gasteiger partial charge in [-0.1, -0.05) is 6.07 Å². The lowest BCUT2D eigenvalue weighted by Crippen LogP contribution is -2.14. The van der Waals surface area contributed by atoms with Crippen LogP contribution in [0.2, 0.25) is 0 Å². The van der Waals surface area contributed by atoms with Crippen molar-refractivity contribution in [3.8, 4) is 11.3 Å². The highest BCUT2D eigenvalue weighted by molar-refractivity contribution is 7.91. The Morgan fingerprint density at radius 2 is 1.74 bits per heavy atom. The van der Waals surface area contributed by atoms with Gasteiger partial charge in [-0.15, -0.1) is 0 Å². The minimum absolute atomic E-state index is 0.0103. The van der Waals surface area contributed by atoms with Gasteiger partial charge in [0.25, 0.3) is 10.0 Å². The predicted molar refractivity (Wildman–Crippen MR) is 95.1 cm³/mol.